The number of ether oxygens (including phenoxy) is 3. The Kier molecular flexibility index (Phi) is 57.5. The fourth-order valence-corrected chi connectivity index (χ4v) is 7.57. The van der Waals surface area contributed by atoms with Crippen molar-refractivity contribution < 1.29 is 28.6 Å². The van der Waals surface area contributed by atoms with Gasteiger partial charge in [-0.3, -0.25) is 14.4 Å². The minimum Gasteiger partial charge on any atom is -0.462 e. The minimum atomic E-state index is -0.833. The van der Waals surface area contributed by atoms with Gasteiger partial charge in [-0.2, -0.15) is 0 Å². The van der Waals surface area contributed by atoms with Crippen LogP contribution in [0.5, 0.6) is 0 Å². The van der Waals surface area contributed by atoms with Crippen molar-refractivity contribution in [3.63, 3.8) is 0 Å². The standard InChI is InChI=1S/C69H108O6/c1-4-7-10-13-16-19-22-24-26-28-30-31-32-33-34-35-36-37-39-40-42-44-47-50-53-56-59-62-68(71)74-65-66(64-73-67(70)61-58-55-52-49-46-21-18-15-12-9-6-3)75-69(72)63-60-57-54-51-48-45-43-41-38-29-27-25-23-20-17-14-11-8-5-2/h7-8,10-11,15-20,24-27,30-31,33-34,36-38,41,45,48,54,57,66H,4-6,9,12-14,21-23,28-29,32,35,39-40,42-44,46-47,49-53,55-56,58-65H2,1-3H3/b10-7-,11-8-,18-15-,19-16-,20-17-,26-24-,27-25-,31-30-,34-33-,37-36-,41-38-,48-45-,57-54-. The Hall–Kier alpha value is -4.97. The number of hydrogen-bond donors (Lipinski definition) is 0. The normalized spacial score (nSPS) is 13.3. The van der Waals surface area contributed by atoms with Crippen LogP contribution >= 0.6 is 0 Å². The molecular weight excluding hydrogens is 925 g/mol. The molecule has 0 fully saturated rings. The quantitative estimate of drug-likeness (QED) is 0.0261. The van der Waals surface area contributed by atoms with E-state index in [1.165, 1.54) is 57.8 Å². The molecule has 6 heteroatoms. The van der Waals surface area contributed by atoms with E-state index in [1.807, 2.05) is 12.2 Å². The molecule has 0 aromatic heterocycles. The molecule has 0 aliphatic carbocycles. The average Bonchev–Trinajstić information content (AvgIpc) is 3.41. The maximum atomic E-state index is 12.8. The molecule has 420 valence electrons. The van der Waals surface area contributed by atoms with E-state index in [2.05, 4.69) is 167 Å². The van der Waals surface area contributed by atoms with Gasteiger partial charge in [0.1, 0.15) is 13.2 Å². The molecule has 75 heavy (non-hydrogen) atoms. The highest BCUT2D eigenvalue weighted by molar-refractivity contribution is 5.71. The van der Waals surface area contributed by atoms with Gasteiger partial charge in [0.05, 0.1) is 0 Å². The number of carbonyl (C=O) groups is 3. The van der Waals surface area contributed by atoms with E-state index in [-0.39, 0.29) is 31.6 Å². The summed E-state index contributed by atoms with van der Waals surface area (Å²) in [6.07, 6.45) is 89.7. The predicted molar refractivity (Wildman–Crippen MR) is 325 cm³/mol. The molecule has 0 N–H and O–H groups in total. The molecule has 0 aliphatic rings. The number of allylic oxidation sites excluding steroid dienone is 26. The summed E-state index contributed by atoms with van der Waals surface area (Å²) in [7, 11) is 0. The molecule has 0 heterocycles. The lowest BCUT2D eigenvalue weighted by Crippen LogP contribution is -2.30. The summed E-state index contributed by atoms with van der Waals surface area (Å²) in [6, 6.07) is 0. The van der Waals surface area contributed by atoms with Crippen molar-refractivity contribution in [2.75, 3.05) is 13.2 Å². The lowest BCUT2D eigenvalue weighted by Gasteiger charge is -2.18. The van der Waals surface area contributed by atoms with Crippen molar-refractivity contribution in [1.29, 1.82) is 0 Å². The lowest BCUT2D eigenvalue weighted by atomic mass is 10.1. The largest absolute Gasteiger partial charge is 0.462 e. The summed E-state index contributed by atoms with van der Waals surface area (Å²) in [5, 5.41) is 0. The van der Waals surface area contributed by atoms with E-state index >= 15 is 0 Å². The molecule has 0 aromatic rings. The van der Waals surface area contributed by atoms with Crippen LogP contribution in [0.3, 0.4) is 0 Å². The smallest absolute Gasteiger partial charge is 0.306 e. The SMILES string of the molecule is CC/C=C\C/C=C\C/C=C\C/C=C\C/C=C\C/C=C\CCCCCCCCCCC(=O)OCC(COC(=O)CCCCCCC/C=C\CCCC)OC(=O)CC/C=C\C/C=C\C/C=C\C/C=C\C/C=C\C/C=C\CC. The van der Waals surface area contributed by atoms with Gasteiger partial charge in [0.25, 0.3) is 0 Å². The van der Waals surface area contributed by atoms with Crippen molar-refractivity contribution in [3.8, 4) is 0 Å². The van der Waals surface area contributed by atoms with Crippen LogP contribution in [-0.2, 0) is 28.6 Å². The van der Waals surface area contributed by atoms with Crippen LogP contribution in [0.15, 0.2) is 158 Å². The first-order valence-corrected chi connectivity index (χ1v) is 30.0. The fraction of sp³-hybridized carbons (Fsp3) is 0.580. The van der Waals surface area contributed by atoms with Gasteiger partial charge in [0.2, 0.25) is 0 Å². The van der Waals surface area contributed by atoms with Crippen LogP contribution < -0.4 is 0 Å². The van der Waals surface area contributed by atoms with E-state index < -0.39 is 12.1 Å². The summed E-state index contributed by atoms with van der Waals surface area (Å²) in [5.41, 5.74) is 0. The Bertz CT molecular complexity index is 1710. The first-order chi connectivity index (χ1) is 37.0. The third kappa shape index (κ3) is 59.8. The van der Waals surface area contributed by atoms with Crippen LogP contribution in [0.25, 0.3) is 0 Å². The number of esters is 3. The van der Waals surface area contributed by atoms with Gasteiger partial charge < -0.3 is 14.2 Å². The zero-order valence-electron chi connectivity index (χ0n) is 48.0. The van der Waals surface area contributed by atoms with Crippen molar-refractivity contribution in [2.45, 2.75) is 245 Å². The monoisotopic (exact) mass is 1030 g/mol. The zero-order valence-corrected chi connectivity index (χ0v) is 48.0. The number of rotatable bonds is 52. The minimum absolute atomic E-state index is 0.122. The third-order valence-electron chi connectivity index (χ3n) is 12.0. The summed E-state index contributed by atoms with van der Waals surface area (Å²) in [6.45, 7) is 6.28. The van der Waals surface area contributed by atoms with Crippen LogP contribution in [0, 0.1) is 0 Å². The van der Waals surface area contributed by atoms with Gasteiger partial charge in [0.15, 0.2) is 6.10 Å². The zero-order chi connectivity index (χ0) is 54.3. The molecule has 0 aliphatic heterocycles. The molecule has 0 rings (SSSR count). The Morgan fingerprint density at radius 1 is 0.280 bits per heavy atom. The van der Waals surface area contributed by atoms with Gasteiger partial charge in [-0.05, 0) is 128 Å². The van der Waals surface area contributed by atoms with E-state index in [0.29, 0.717) is 19.3 Å². The predicted octanol–water partition coefficient (Wildman–Crippen LogP) is 20.5. The third-order valence-corrected chi connectivity index (χ3v) is 12.0. The van der Waals surface area contributed by atoms with Gasteiger partial charge in [-0.25, -0.2) is 0 Å². The van der Waals surface area contributed by atoms with Crippen LogP contribution in [0.4, 0.5) is 0 Å². The first kappa shape index (κ1) is 70.0. The lowest BCUT2D eigenvalue weighted by molar-refractivity contribution is -0.166. The van der Waals surface area contributed by atoms with E-state index in [4.69, 9.17) is 14.2 Å². The topological polar surface area (TPSA) is 78.9 Å². The molecule has 0 aromatic carbocycles. The second kappa shape index (κ2) is 61.6. The second-order valence-electron chi connectivity index (χ2n) is 19.1. The summed E-state index contributed by atoms with van der Waals surface area (Å²) in [4.78, 5) is 38.1. The molecule has 0 amide bonds. The van der Waals surface area contributed by atoms with Crippen molar-refractivity contribution in [2.24, 2.45) is 0 Å². The van der Waals surface area contributed by atoms with Crippen molar-refractivity contribution >= 4 is 17.9 Å². The number of carbonyl (C=O) groups excluding carboxylic acids is 3. The van der Waals surface area contributed by atoms with E-state index in [0.717, 1.165) is 135 Å². The Balaban J connectivity index is 4.43. The molecule has 1 atom stereocenters. The second-order valence-corrected chi connectivity index (χ2v) is 19.1. The fourth-order valence-electron chi connectivity index (χ4n) is 7.57. The van der Waals surface area contributed by atoms with Gasteiger partial charge in [0, 0.05) is 19.3 Å². The molecule has 0 saturated carbocycles. The molecular formula is C69H108O6. The van der Waals surface area contributed by atoms with E-state index in [9.17, 15) is 14.4 Å². The van der Waals surface area contributed by atoms with Crippen molar-refractivity contribution in [1.82, 2.24) is 0 Å². The molecule has 0 saturated heterocycles. The summed E-state index contributed by atoms with van der Waals surface area (Å²) < 4.78 is 16.8. The Labute approximate surface area is 460 Å². The Morgan fingerprint density at radius 2 is 0.547 bits per heavy atom. The van der Waals surface area contributed by atoms with Gasteiger partial charge in [-0.15, -0.1) is 0 Å². The molecule has 0 bridgehead atoms. The highest BCUT2D eigenvalue weighted by Gasteiger charge is 2.19. The van der Waals surface area contributed by atoms with Crippen LogP contribution in [0.2, 0.25) is 0 Å². The number of hydrogen-bond acceptors (Lipinski definition) is 6. The molecule has 0 spiro atoms. The highest BCUT2D eigenvalue weighted by atomic mass is 16.6. The molecule has 1 unspecified atom stereocenters. The summed E-state index contributed by atoms with van der Waals surface area (Å²) >= 11 is 0. The molecule has 6 nitrogen and oxygen atoms in total. The first-order valence-electron chi connectivity index (χ1n) is 30.0. The summed E-state index contributed by atoms with van der Waals surface area (Å²) in [5.74, 6) is -1.03. The van der Waals surface area contributed by atoms with Gasteiger partial charge >= 0.3 is 17.9 Å². The van der Waals surface area contributed by atoms with E-state index in [1.54, 1.807) is 0 Å². The highest BCUT2D eigenvalue weighted by Crippen LogP contribution is 2.13. The van der Waals surface area contributed by atoms with Crippen LogP contribution in [0.1, 0.15) is 239 Å². The number of unbranched alkanes of at least 4 members (excludes halogenated alkanes) is 15. The maximum Gasteiger partial charge on any atom is 0.306 e. The van der Waals surface area contributed by atoms with Crippen molar-refractivity contribution in [3.05, 3.63) is 158 Å². The Morgan fingerprint density at radius 3 is 0.880 bits per heavy atom. The van der Waals surface area contributed by atoms with Gasteiger partial charge in [-0.1, -0.05) is 249 Å². The average molecular weight is 1030 g/mol. The maximum absolute atomic E-state index is 12.8. The van der Waals surface area contributed by atoms with Crippen LogP contribution in [-0.4, -0.2) is 37.2 Å². The molecule has 0 radical (unpaired) electrons.